The van der Waals surface area contributed by atoms with Crippen LogP contribution in [-0.4, -0.2) is 28.4 Å². The normalized spacial score (nSPS) is 20.2. The first-order valence-electron chi connectivity index (χ1n) is 5.94. The zero-order chi connectivity index (χ0) is 11.4. The van der Waals surface area contributed by atoms with Crippen molar-refractivity contribution in [3.8, 4) is 0 Å². The molecule has 1 N–H and O–H groups in total. The van der Waals surface area contributed by atoms with Crippen molar-refractivity contribution in [2.75, 3.05) is 13.1 Å². The van der Waals surface area contributed by atoms with Gasteiger partial charge in [-0.15, -0.1) is 0 Å². The fraction of sp³-hybridized carbons (Fsp3) is 0.667. The van der Waals surface area contributed by atoms with Gasteiger partial charge < -0.3 is 9.88 Å². The molecule has 2 rings (SSSR count). The zero-order valence-corrected chi connectivity index (χ0v) is 9.78. The number of nitrogens with one attached hydrogen (secondary N) is 1. The highest BCUT2D eigenvalue weighted by molar-refractivity contribution is 5.80. The molecule has 0 aliphatic carbocycles. The molecule has 2 heterocycles. The molecular formula is C12H19N3O. The lowest BCUT2D eigenvalue weighted by molar-refractivity contribution is -0.118. The Morgan fingerprint density at radius 2 is 2.56 bits per heavy atom. The van der Waals surface area contributed by atoms with E-state index in [1.54, 1.807) is 6.20 Å². The molecule has 16 heavy (non-hydrogen) atoms. The molecule has 88 valence electrons. The van der Waals surface area contributed by atoms with Crippen LogP contribution in [0.5, 0.6) is 0 Å². The summed E-state index contributed by atoms with van der Waals surface area (Å²) in [5.41, 5.74) is 0. The standard InChI is InChI=1S/C12H19N3O/c1-15-7-6-14-12(15)8-11(16)3-2-10-4-5-13-9-10/h6-7,10,13H,2-5,8-9H2,1H3. The molecule has 1 aliphatic heterocycles. The van der Waals surface area contributed by atoms with Gasteiger partial charge in [0, 0.05) is 25.9 Å². The van der Waals surface area contributed by atoms with Crippen molar-refractivity contribution in [3.05, 3.63) is 18.2 Å². The first kappa shape index (κ1) is 11.3. The number of carbonyl (C=O) groups is 1. The largest absolute Gasteiger partial charge is 0.338 e. The highest BCUT2D eigenvalue weighted by Gasteiger charge is 2.16. The second kappa shape index (κ2) is 5.25. The maximum Gasteiger partial charge on any atom is 0.140 e. The highest BCUT2D eigenvalue weighted by Crippen LogP contribution is 2.15. The summed E-state index contributed by atoms with van der Waals surface area (Å²) >= 11 is 0. The number of ketones is 1. The number of aryl methyl sites for hydroxylation is 1. The van der Waals surface area contributed by atoms with Crippen LogP contribution in [0.25, 0.3) is 0 Å². The number of nitrogens with zero attached hydrogens (tertiary/aromatic N) is 2. The minimum Gasteiger partial charge on any atom is -0.338 e. The van der Waals surface area contributed by atoms with Crippen LogP contribution in [0.3, 0.4) is 0 Å². The summed E-state index contributed by atoms with van der Waals surface area (Å²) in [7, 11) is 1.93. The van der Waals surface area contributed by atoms with E-state index in [0.717, 1.165) is 25.3 Å². The molecule has 1 unspecified atom stereocenters. The topological polar surface area (TPSA) is 46.9 Å². The van der Waals surface area contributed by atoms with E-state index in [0.29, 0.717) is 24.5 Å². The molecule has 1 aliphatic rings. The van der Waals surface area contributed by atoms with Crippen LogP contribution in [0, 0.1) is 5.92 Å². The Morgan fingerprint density at radius 1 is 1.69 bits per heavy atom. The molecule has 0 bridgehead atoms. The van der Waals surface area contributed by atoms with Gasteiger partial charge >= 0.3 is 0 Å². The van der Waals surface area contributed by atoms with Crippen LogP contribution in [0.4, 0.5) is 0 Å². The number of carbonyl (C=O) groups excluding carboxylic acids is 1. The van der Waals surface area contributed by atoms with Crippen molar-refractivity contribution in [1.82, 2.24) is 14.9 Å². The van der Waals surface area contributed by atoms with Gasteiger partial charge in [-0.1, -0.05) is 0 Å². The van der Waals surface area contributed by atoms with Gasteiger partial charge in [0.15, 0.2) is 0 Å². The number of Topliss-reactive ketones (excluding diaryl/α,β-unsaturated/α-hetero) is 1. The van der Waals surface area contributed by atoms with E-state index in [4.69, 9.17) is 0 Å². The Labute approximate surface area is 96.1 Å². The molecular weight excluding hydrogens is 202 g/mol. The quantitative estimate of drug-likeness (QED) is 0.804. The van der Waals surface area contributed by atoms with E-state index in [1.807, 2.05) is 17.8 Å². The fourth-order valence-electron chi connectivity index (χ4n) is 2.16. The smallest absolute Gasteiger partial charge is 0.140 e. The fourth-order valence-corrected chi connectivity index (χ4v) is 2.16. The predicted molar refractivity (Wildman–Crippen MR) is 62.1 cm³/mol. The third-order valence-electron chi connectivity index (χ3n) is 3.27. The Bertz CT molecular complexity index is 353. The molecule has 0 amide bonds. The van der Waals surface area contributed by atoms with E-state index < -0.39 is 0 Å². The molecule has 4 nitrogen and oxygen atoms in total. The van der Waals surface area contributed by atoms with Gasteiger partial charge in [-0.2, -0.15) is 0 Å². The van der Waals surface area contributed by atoms with E-state index >= 15 is 0 Å². The predicted octanol–water partition coefficient (Wildman–Crippen LogP) is 0.921. The monoisotopic (exact) mass is 221 g/mol. The number of rotatable bonds is 5. The molecule has 0 radical (unpaired) electrons. The molecule has 0 spiro atoms. The molecule has 1 fully saturated rings. The number of hydrogen-bond acceptors (Lipinski definition) is 3. The van der Waals surface area contributed by atoms with Crippen LogP contribution in [0.2, 0.25) is 0 Å². The van der Waals surface area contributed by atoms with Crippen LogP contribution in [0.1, 0.15) is 25.1 Å². The Hall–Kier alpha value is -1.16. The lowest BCUT2D eigenvalue weighted by Crippen LogP contribution is -2.12. The maximum absolute atomic E-state index is 11.7. The Morgan fingerprint density at radius 3 is 3.19 bits per heavy atom. The van der Waals surface area contributed by atoms with Crippen molar-refractivity contribution in [3.63, 3.8) is 0 Å². The van der Waals surface area contributed by atoms with Crippen LogP contribution < -0.4 is 5.32 Å². The second-order valence-corrected chi connectivity index (χ2v) is 4.57. The third kappa shape index (κ3) is 2.92. The molecule has 0 saturated carbocycles. The molecule has 0 aromatic carbocycles. The lowest BCUT2D eigenvalue weighted by Gasteiger charge is -2.06. The van der Waals surface area contributed by atoms with Gasteiger partial charge in [-0.3, -0.25) is 4.79 Å². The van der Waals surface area contributed by atoms with Gasteiger partial charge in [0.05, 0.1) is 6.42 Å². The average Bonchev–Trinajstić information content (AvgIpc) is 2.88. The first-order valence-corrected chi connectivity index (χ1v) is 5.94. The minimum atomic E-state index is 0.307. The molecule has 4 heteroatoms. The molecule has 1 saturated heterocycles. The average molecular weight is 221 g/mol. The van der Waals surface area contributed by atoms with Gasteiger partial charge in [0.1, 0.15) is 11.6 Å². The first-order chi connectivity index (χ1) is 7.75. The Kier molecular flexibility index (Phi) is 3.72. The summed E-state index contributed by atoms with van der Waals surface area (Å²) in [5, 5.41) is 3.32. The summed E-state index contributed by atoms with van der Waals surface area (Å²) in [4.78, 5) is 15.9. The summed E-state index contributed by atoms with van der Waals surface area (Å²) in [6.45, 7) is 2.19. The van der Waals surface area contributed by atoms with Crippen molar-refractivity contribution in [2.45, 2.75) is 25.7 Å². The van der Waals surface area contributed by atoms with E-state index in [9.17, 15) is 4.79 Å². The lowest BCUT2D eigenvalue weighted by atomic mass is 10.00. The van der Waals surface area contributed by atoms with Crippen molar-refractivity contribution < 1.29 is 4.79 Å². The molecule has 1 atom stereocenters. The Balaban J connectivity index is 1.74. The number of aromatic nitrogens is 2. The SMILES string of the molecule is Cn1ccnc1CC(=O)CCC1CCNC1. The van der Waals surface area contributed by atoms with Crippen molar-refractivity contribution in [2.24, 2.45) is 13.0 Å². The van der Waals surface area contributed by atoms with Crippen LogP contribution in [0.15, 0.2) is 12.4 Å². The van der Waals surface area contributed by atoms with E-state index in [2.05, 4.69) is 10.3 Å². The van der Waals surface area contributed by atoms with Crippen molar-refractivity contribution in [1.29, 1.82) is 0 Å². The van der Waals surface area contributed by atoms with Gasteiger partial charge in [-0.05, 0) is 31.8 Å². The highest BCUT2D eigenvalue weighted by atomic mass is 16.1. The minimum absolute atomic E-state index is 0.307. The van der Waals surface area contributed by atoms with Gasteiger partial charge in [-0.25, -0.2) is 4.98 Å². The van der Waals surface area contributed by atoms with Gasteiger partial charge in [0.2, 0.25) is 0 Å². The third-order valence-corrected chi connectivity index (χ3v) is 3.27. The molecule has 1 aromatic heterocycles. The summed E-state index contributed by atoms with van der Waals surface area (Å²) in [6.07, 6.45) is 7.03. The summed E-state index contributed by atoms with van der Waals surface area (Å²) < 4.78 is 1.91. The maximum atomic E-state index is 11.7. The summed E-state index contributed by atoms with van der Waals surface area (Å²) in [6, 6.07) is 0. The van der Waals surface area contributed by atoms with Crippen LogP contribution in [-0.2, 0) is 18.3 Å². The number of hydrogen-bond donors (Lipinski definition) is 1. The van der Waals surface area contributed by atoms with E-state index in [1.165, 1.54) is 6.42 Å². The summed E-state index contributed by atoms with van der Waals surface area (Å²) in [5.74, 6) is 1.88. The van der Waals surface area contributed by atoms with Crippen molar-refractivity contribution >= 4 is 5.78 Å². The van der Waals surface area contributed by atoms with Crippen LogP contribution >= 0.6 is 0 Å². The number of imidazole rings is 1. The van der Waals surface area contributed by atoms with E-state index in [-0.39, 0.29) is 0 Å². The second-order valence-electron chi connectivity index (χ2n) is 4.57. The van der Waals surface area contributed by atoms with Gasteiger partial charge in [0.25, 0.3) is 0 Å². The zero-order valence-electron chi connectivity index (χ0n) is 9.78. The molecule has 1 aromatic rings.